The number of hydrogen-bond donors (Lipinski definition) is 0. The maximum atomic E-state index is 2.29. The van der Waals surface area contributed by atoms with Gasteiger partial charge in [-0.25, -0.2) is 0 Å². The predicted octanol–water partition coefficient (Wildman–Crippen LogP) is 6.39. The monoisotopic (exact) mass is 357 g/mol. The van der Waals surface area contributed by atoms with E-state index in [0.717, 1.165) is 0 Å². The Kier molecular flexibility index (Phi) is 17.5. The smallest absolute Gasteiger partial charge is 0.262 e. The molecule has 0 aliphatic heterocycles. The Morgan fingerprint density at radius 2 is 1.04 bits per heavy atom. The van der Waals surface area contributed by atoms with Crippen molar-refractivity contribution in [3.63, 3.8) is 0 Å². The van der Waals surface area contributed by atoms with Gasteiger partial charge in [-0.15, -0.1) is 0 Å². The molecule has 0 amide bonds. The van der Waals surface area contributed by atoms with Crippen LogP contribution in [0.1, 0.15) is 96.8 Å². The summed E-state index contributed by atoms with van der Waals surface area (Å²) in [5.74, 6) is 1.25. The zero-order valence-corrected chi connectivity index (χ0v) is 18.2. The van der Waals surface area contributed by atoms with Crippen LogP contribution in [-0.2, 0) is 0 Å². The van der Waals surface area contributed by atoms with Gasteiger partial charge < -0.3 is 0 Å². The summed E-state index contributed by atoms with van der Waals surface area (Å²) in [7, 11) is 8.53. The number of hydrogen-bond acceptors (Lipinski definition) is 1. The SMILES string of the molecule is CCCCCCCCCCCCCCCCSC(N(C)C)=[N+](C)C. The fraction of sp³-hybridized carbons (Fsp3) is 0.952. The summed E-state index contributed by atoms with van der Waals surface area (Å²) < 4.78 is 2.22. The van der Waals surface area contributed by atoms with Crippen molar-refractivity contribution in [3.05, 3.63) is 0 Å². The fourth-order valence-corrected chi connectivity index (χ4v) is 4.17. The van der Waals surface area contributed by atoms with Gasteiger partial charge in [0.2, 0.25) is 0 Å². The molecule has 0 heterocycles. The van der Waals surface area contributed by atoms with E-state index in [0.29, 0.717) is 0 Å². The molecular formula is C21H45N2S+. The fourth-order valence-electron chi connectivity index (χ4n) is 3.12. The van der Waals surface area contributed by atoms with Gasteiger partial charge in [0.15, 0.2) is 0 Å². The maximum absolute atomic E-state index is 2.29. The van der Waals surface area contributed by atoms with E-state index in [-0.39, 0.29) is 0 Å². The number of unbranched alkanes of at least 4 members (excludes halogenated alkanes) is 13. The van der Waals surface area contributed by atoms with Crippen LogP contribution in [0.5, 0.6) is 0 Å². The molecule has 0 radical (unpaired) electrons. The highest BCUT2D eigenvalue weighted by Crippen LogP contribution is 2.14. The van der Waals surface area contributed by atoms with E-state index in [1.807, 2.05) is 11.8 Å². The zero-order valence-electron chi connectivity index (χ0n) is 17.4. The highest BCUT2D eigenvalue weighted by molar-refractivity contribution is 8.13. The standard InChI is InChI=1S/C21H45N2S/c1-6-7-8-9-10-11-12-13-14-15-16-17-18-19-20-24-21(22(2)3)23(4)5/h6-20H2,1-5H3/q+1. The lowest BCUT2D eigenvalue weighted by Crippen LogP contribution is -2.26. The van der Waals surface area contributed by atoms with Crippen molar-refractivity contribution in [1.82, 2.24) is 4.90 Å². The number of rotatable bonds is 15. The highest BCUT2D eigenvalue weighted by atomic mass is 32.2. The average Bonchev–Trinajstić information content (AvgIpc) is 2.53. The molecule has 24 heavy (non-hydrogen) atoms. The third kappa shape index (κ3) is 15.4. The Labute approximate surface area is 157 Å². The molecule has 0 fully saturated rings. The van der Waals surface area contributed by atoms with Gasteiger partial charge >= 0.3 is 5.17 Å². The molecule has 0 N–H and O–H groups in total. The van der Waals surface area contributed by atoms with Crippen LogP contribution in [0.15, 0.2) is 0 Å². The minimum atomic E-state index is 1.25. The normalized spacial score (nSPS) is 10.9. The largest absolute Gasteiger partial charge is 0.307 e. The molecule has 2 nitrogen and oxygen atoms in total. The predicted molar refractivity (Wildman–Crippen MR) is 114 cm³/mol. The van der Waals surface area contributed by atoms with E-state index in [1.54, 1.807) is 0 Å². The summed E-state index contributed by atoms with van der Waals surface area (Å²) in [6.07, 6.45) is 20.1. The van der Waals surface area contributed by atoms with Gasteiger partial charge in [-0.1, -0.05) is 90.4 Å². The van der Waals surface area contributed by atoms with E-state index in [1.165, 1.54) is 101 Å². The Morgan fingerprint density at radius 3 is 1.38 bits per heavy atom. The summed E-state index contributed by atoms with van der Waals surface area (Å²) in [5, 5.41) is 1.37. The lowest BCUT2D eigenvalue weighted by atomic mass is 10.0. The molecule has 0 aliphatic rings. The first kappa shape index (κ1) is 23.8. The first-order valence-electron chi connectivity index (χ1n) is 10.4. The van der Waals surface area contributed by atoms with Gasteiger partial charge in [0.05, 0.1) is 28.2 Å². The van der Waals surface area contributed by atoms with E-state index in [9.17, 15) is 0 Å². The van der Waals surface area contributed by atoms with Crippen LogP contribution >= 0.6 is 11.8 Å². The van der Waals surface area contributed by atoms with Crippen LogP contribution in [0, 0.1) is 0 Å². The summed E-state index contributed by atoms with van der Waals surface area (Å²) in [6, 6.07) is 0. The molecule has 0 aromatic heterocycles. The van der Waals surface area contributed by atoms with Crippen LogP contribution in [0.2, 0.25) is 0 Å². The number of amidine groups is 1. The second-order valence-electron chi connectivity index (χ2n) is 7.52. The summed E-state index contributed by atoms with van der Waals surface area (Å²) >= 11 is 1.99. The highest BCUT2D eigenvalue weighted by Gasteiger charge is 2.11. The maximum Gasteiger partial charge on any atom is 0.307 e. The molecule has 0 unspecified atom stereocenters. The van der Waals surface area contributed by atoms with Crippen LogP contribution in [-0.4, -0.2) is 48.6 Å². The first-order valence-corrected chi connectivity index (χ1v) is 11.4. The number of thioether (sulfide) groups is 1. The van der Waals surface area contributed by atoms with E-state index in [4.69, 9.17) is 0 Å². The van der Waals surface area contributed by atoms with Crippen LogP contribution < -0.4 is 0 Å². The molecule has 0 aliphatic carbocycles. The molecule has 0 aromatic rings. The molecule has 0 saturated carbocycles. The van der Waals surface area contributed by atoms with Crippen molar-refractivity contribution in [2.45, 2.75) is 96.8 Å². The molecule has 0 rings (SSSR count). The van der Waals surface area contributed by atoms with Gasteiger partial charge in [0.25, 0.3) is 0 Å². The van der Waals surface area contributed by atoms with Crippen LogP contribution in [0.3, 0.4) is 0 Å². The Balaban J connectivity index is 3.25. The van der Waals surface area contributed by atoms with Crippen molar-refractivity contribution < 1.29 is 4.58 Å². The van der Waals surface area contributed by atoms with Crippen molar-refractivity contribution in [3.8, 4) is 0 Å². The van der Waals surface area contributed by atoms with Crippen molar-refractivity contribution >= 4 is 16.9 Å². The Morgan fingerprint density at radius 1 is 0.667 bits per heavy atom. The lowest BCUT2D eigenvalue weighted by Gasteiger charge is -2.10. The third-order valence-electron chi connectivity index (χ3n) is 4.49. The zero-order chi connectivity index (χ0) is 18.0. The van der Waals surface area contributed by atoms with Gasteiger partial charge in [-0.2, -0.15) is 0 Å². The van der Waals surface area contributed by atoms with Gasteiger partial charge in [-0.3, -0.25) is 9.48 Å². The van der Waals surface area contributed by atoms with Gasteiger partial charge in [-0.05, 0) is 18.2 Å². The summed E-state index contributed by atoms with van der Waals surface area (Å²) in [5.41, 5.74) is 0. The minimum Gasteiger partial charge on any atom is -0.262 e. The second-order valence-corrected chi connectivity index (χ2v) is 8.58. The molecule has 0 saturated heterocycles. The van der Waals surface area contributed by atoms with E-state index in [2.05, 4.69) is 44.6 Å². The quantitative estimate of drug-likeness (QED) is 0.145. The second kappa shape index (κ2) is 17.6. The molecule has 0 bridgehead atoms. The number of nitrogens with zero attached hydrogens (tertiary/aromatic N) is 2. The van der Waals surface area contributed by atoms with Crippen LogP contribution in [0.25, 0.3) is 0 Å². The molecule has 3 heteroatoms. The minimum absolute atomic E-state index is 1.25. The van der Waals surface area contributed by atoms with E-state index >= 15 is 0 Å². The Bertz CT molecular complexity index is 296. The van der Waals surface area contributed by atoms with Crippen molar-refractivity contribution in [1.29, 1.82) is 0 Å². The molecule has 144 valence electrons. The topological polar surface area (TPSA) is 6.25 Å². The molecule has 0 spiro atoms. The van der Waals surface area contributed by atoms with Gasteiger partial charge in [0, 0.05) is 5.75 Å². The summed E-state index contributed by atoms with van der Waals surface area (Å²) in [6.45, 7) is 2.29. The Hall–Kier alpha value is -0.180. The first-order chi connectivity index (χ1) is 11.6. The average molecular weight is 358 g/mol. The van der Waals surface area contributed by atoms with E-state index < -0.39 is 0 Å². The molecule has 0 aromatic carbocycles. The lowest BCUT2D eigenvalue weighted by molar-refractivity contribution is -0.466. The van der Waals surface area contributed by atoms with Crippen molar-refractivity contribution in [2.75, 3.05) is 33.9 Å². The third-order valence-corrected chi connectivity index (χ3v) is 5.98. The summed E-state index contributed by atoms with van der Waals surface area (Å²) in [4.78, 5) is 2.22. The van der Waals surface area contributed by atoms with Crippen molar-refractivity contribution in [2.24, 2.45) is 0 Å². The van der Waals surface area contributed by atoms with Gasteiger partial charge in [0.1, 0.15) is 0 Å². The van der Waals surface area contributed by atoms with Crippen LogP contribution in [0.4, 0.5) is 0 Å². The molecular weight excluding hydrogens is 312 g/mol. The molecule has 0 atom stereocenters.